The van der Waals surface area contributed by atoms with Crippen molar-refractivity contribution in [2.45, 2.75) is 38.4 Å². The summed E-state index contributed by atoms with van der Waals surface area (Å²) >= 11 is 0. The van der Waals surface area contributed by atoms with Gasteiger partial charge in [-0.2, -0.15) is 5.26 Å². The Morgan fingerprint density at radius 3 is 2.42 bits per heavy atom. The smallest absolute Gasteiger partial charge is 0.122 e. The molecule has 1 unspecified atom stereocenters. The van der Waals surface area contributed by atoms with Crippen LogP contribution in [0.3, 0.4) is 0 Å². The first-order valence-electron chi connectivity index (χ1n) is 7.23. The molecule has 3 rings (SSSR count). The highest BCUT2D eigenvalue weighted by Crippen LogP contribution is 2.40. The Bertz CT molecular complexity index is 476. The monoisotopic (exact) mass is 255 g/mol. The standard InChI is InChI=1S/C16H21N3/c1-2-18-16(11-17,15-7-8-15)12-19-9-13-5-3-4-6-14(13)10-19/h3-6,15,18H,2,7-10,12H2,1H3. The molecule has 0 aromatic heterocycles. The third-order valence-corrected chi connectivity index (χ3v) is 4.35. The summed E-state index contributed by atoms with van der Waals surface area (Å²) in [7, 11) is 0. The van der Waals surface area contributed by atoms with Crippen molar-refractivity contribution in [1.82, 2.24) is 10.2 Å². The predicted molar refractivity (Wildman–Crippen MR) is 75.3 cm³/mol. The van der Waals surface area contributed by atoms with Gasteiger partial charge < -0.3 is 0 Å². The van der Waals surface area contributed by atoms with E-state index in [9.17, 15) is 5.26 Å². The van der Waals surface area contributed by atoms with Crippen LogP contribution in [0, 0.1) is 17.2 Å². The number of hydrogen-bond acceptors (Lipinski definition) is 3. The summed E-state index contributed by atoms with van der Waals surface area (Å²) in [5.74, 6) is 0.543. The molecule has 1 aromatic carbocycles. The first-order chi connectivity index (χ1) is 9.27. The van der Waals surface area contributed by atoms with Crippen LogP contribution in [-0.4, -0.2) is 23.5 Å². The predicted octanol–water partition coefficient (Wildman–Crippen LogP) is 2.28. The van der Waals surface area contributed by atoms with Gasteiger partial charge in [-0.25, -0.2) is 0 Å². The van der Waals surface area contributed by atoms with Crippen LogP contribution in [0.5, 0.6) is 0 Å². The highest BCUT2D eigenvalue weighted by atomic mass is 15.2. The molecule has 1 atom stereocenters. The van der Waals surface area contributed by atoms with Crippen molar-refractivity contribution in [3.8, 4) is 6.07 Å². The summed E-state index contributed by atoms with van der Waals surface area (Å²) in [6.45, 7) is 5.77. The molecule has 100 valence electrons. The SMILES string of the molecule is CCNC(C#N)(CN1Cc2ccccc2C1)C1CC1. The molecule has 1 aromatic rings. The maximum Gasteiger partial charge on any atom is 0.122 e. The minimum absolute atomic E-state index is 0.337. The van der Waals surface area contributed by atoms with E-state index in [4.69, 9.17) is 0 Å². The molecule has 2 aliphatic rings. The molecule has 3 heteroatoms. The summed E-state index contributed by atoms with van der Waals surface area (Å²) in [5.41, 5.74) is 2.50. The van der Waals surface area contributed by atoms with Gasteiger partial charge in [-0.1, -0.05) is 31.2 Å². The van der Waals surface area contributed by atoms with Gasteiger partial charge in [0.05, 0.1) is 6.07 Å². The highest BCUT2D eigenvalue weighted by Gasteiger charge is 2.46. The van der Waals surface area contributed by atoms with E-state index >= 15 is 0 Å². The van der Waals surface area contributed by atoms with Crippen LogP contribution >= 0.6 is 0 Å². The van der Waals surface area contributed by atoms with Gasteiger partial charge in [-0.05, 0) is 36.4 Å². The molecule has 3 nitrogen and oxygen atoms in total. The molecule has 0 bridgehead atoms. The Hall–Kier alpha value is -1.37. The van der Waals surface area contributed by atoms with Gasteiger partial charge in [-0.15, -0.1) is 0 Å². The fourth-order valence-electron chi connectivity index (χ4n) is 3.26. The zero-order valence-electron chi connectivity index (χ0n) is 11.5. The van der Waals surface area contributed by atoms with Gasteiger partial charge in [0.2, 0.25) is 0 Å². The fraction of sp³-hybridized carbons (Fsp3) is 0.562. The lowest BCUT2D eigenvalue weighted by molar-refractivity contribution is 0.199. The van der Waals surface area contributed by atoms with Crippen LogP contribution in [0.1, 0.15) is 30.9 Å². The third kappa shape index (κ3) is 2.39. The van der Waals surface area contributed by atoms with Gasteiger partial charge in [0, 0.05) is 19.6 Å². The zero-order valence-corrected chi connectivity index (χ0v) is 11.5. The second-order valence-electron chi connectivity index (χ2n) is 5.80. The fourth-order valence-corrected chi connectivity index (χ4v) is 3.26. The van der Waals surface area contributed by atoms with Crippen molar-refractivity contribution in [2.75, 3.05) is 13.1 Å². The zero-order chi connectivity index (χ0) is 13.3. The topological polar surface area (TPSA) is 39.1 Å². The molecule has 0 amide bonds. The molecule has 1 saturated carbocycles. The van der Waals surface area contributed by atoms with Gasteiger partial charge in [0.25, 0.3) is 0 Å². The number of hydrogen-bond donors (Lipinski definition) is 1. The van der Waals surface area contributed by atoms with E-state index in [1.807, 2.05) is 0 Å². The van der Waals surface area contributed by atoms with Crippen molar-refractivity contribution in [1.29, 1.82) is 5.26 Å². The van der Waals surface area contributed by atoms with Crippen LogP contribution in [0.2, 0.25) is 0 Å². The lowest BCUT2D eigenvalue weighted by Gasteiger charge is -2.32. The molecule has 1 fully saturated rings. The van der Waals surface area contributed by atoms with Crippen molar-refractivity contribution >= 4 is 0 Å². The number of nitrogens with zero attached hydrogens (tertiary/aromatic N) is 2. The van der Waals surface area contributed by atoms with Crippen LogP contribution in [-0.2, 0) is 13.1 Å². The minimum Gasteiger partial charge on any atom is -0.298 e. The summed E-state index contributed by atoms with van der Waals surface area (Å²) in [6, 6.07) is 11.2. The summed E-state index contributed by atoms with van der Waals surface area (Å²) in [5, 5.41) is 13.1. The Morgan fingerprint density at radius 2 is 1.95 bits per heavy atom. The second-order valence-corrected chi connectivity index (χ2v) is 5.80. The summed E-state index contributed by atoms with van der Waals surface area (Å²) in [6.07, 6.45) is 2.39. The molecule has 1 aliphatic heterocycles. The molecule has 0 radical (unpaired) electrons. The maximum atomic E-state index is 9.66. The number of likely N-dealkylation sites (N-methyl/N-ethyl adjacent to an activating group) is 1. The Morgan fingerprint density at radius 1 is 1.32 bits per heavy atom. The van der Waals surface area contributed by atoms with Crippen LogP contribution < -0.4 is 5.32 Å². The lowest BCUT2D eigenvalue weighted by Crippen LogP contribution is -2.53. The van der Waals surface area contributed by atoms with Gasteiger partial charge in [0.15, 0.2) is 0 Å². The lowest BCUT2D eigenvalue weighted by atomic mass is 9.94. The highest BCUT2D eigenvalue weighted by molar-refractivity contribution is 5.31. The van der Waals surface area contributed by atoms with Crippen molar-refractivity contribution < 1.29 is 0 Å². The molecular formula is C16H21N3. The van der Waals surface area contributed by atoms with Gasteiger partial charge in [0.1, 0.15) is 5.54 Å². The maximum absolute atomic E-state index is 9.66. The first kappa shape index (κ1) is 12.7. The quantitative estimate of drug-likeness (QED) is 0.877. The molecule has 1 aliphatic carbocycles. The van der Waals surface area contributed by atoms with Crippen molar-refractivity contribution in [3.63, 3.8) is 0 Å². The normalized spacial score (nSPS) is 21.7. The van der Waals surface area contributed by atoms with E-state index in [-0.39, 0.29) is 5.54 Å². The van der Waals surface area contributed by atoms with E-state index < -0.39 is 0 Å². The number of benzene rings is 1. The number of nitriles is 1. The summed E-state index contributed by atoms with van der Waals surface area (Å²) in [4.78, 5) is 2.41. The third-order valence-electron chi connectivity index (χ3n) is 4.35. The molecule has 1 heterocycles. The van der Waals surface area contributed by atoms with Gasteiger partial charge in [-0.3, -0.25) is 10.2 Å². The van der Waals surface area contributed by atoms with Crippen LogP contribution in [0.4, 0.5) is 0 Å². The Balaban J connectivity index is 1.73. The van der Waals surface area contributed by atoms with E-state index in [0.717, 1.165) is 26.2 Å². The van der Waals surface area contributed by atoms with E-state index in [2.05, 4.69) is 47.5 Å². The average molecular weight is 255 g/mol. The largest absolute Gasteiger partial charge is 0.298 e. The number of nitrogens with one attached hydrogen (secondary N) is 1. The minimum atomic E-state index is -0.337. The summed E-state index contributed by atoms with van der Waals surface area (Å²) < 4.78 is 0. The van der Waals surface area contributed by atoms with Gasteiger partial charge >= 0.3 is 0 Å². The first-order valence-corrected chi connectivity index (χ1v) is 7.23. The van der Waals surface area contributed by atoms with Crippen molar-refractivity contribution in [2.24, 2.45) is 5.92 Å². The Kier molecular flexibility index (Phi) is 3.30. The molecule has 1 N–H and O–H groups in total. The molecule has 0 spiro atoms. The van der Waals surface area contributed by atoms with Crippen LogP contribution in [0.15, 0.2) is 24.3 Å². The molecular weight excluding hydrogens is 234 g/mol. The van der Waals surface area contributed by atoms with Crippen molar-refractivity contribution in [3.05, 3.63) is 35.4 Å². The Labute approximate surface area is 115 Å². The molecule has 19 heavy (non-hydrogen) atoms. The van der Waals surface area contributed by atoms with Crippen LogP contribution in [0.25, 0.3) is 0 Å². The second kappa shape index (κ2) is 4.96. The average Bonchev–Trinajstić information content (AvgIpc) is 3.19. The number of fused-ring (bicyclic) bond motifs is 1. The van der Waals surface area contributed by atoms with E-state index in [1.165, 1.54) is 24.0 Å². The van der Waals surface area contributed by atoms with E-state index in [0.29, 0.717) is 5.92 Å². The molecule has 0 saturated heterocycles. The number of rotatable bonds is 5. The van der Waals surface area contributed by atoms with E-state index in [1.54, 1.807) is 0 Å².